The first-order valence-corrected chi connectivity index (χ1v) is 17.0. The van der Waals surface area contributed by atoms with E-state index in [0.717, 1.165) is 42.0 Å². The first-order valence-electron chi connectivity index (χ1n) is 13.3. The Morgan fingerprint density at radius 3 is 2.28 bits per heavy atom. The van der Waals surface area contributed by atoms with Crippen molar-refractivity contribution >= 4 is 14.0 Å². The first-order chi connectivity index (χ1) is 18.4. The molecule has 0 saturated heterocycles. The van der Waals surface area contributed by atoms with Crippen molar-refractivity contribution < 1.29 is 27.8 Å². The van der Waals surface area contributed by atoms with Gasteiger partial charge in [0, 0.05) is 38.4 Å². The molecule has 3 aromatic rings. The summed E-state index contributed by atoms with van der Waals surface area (Å²) in [7, 11) is -1.37. The molecule has 0 unspecified atom stereocenters. The van der Waals surface area contributed by atoms with E-state index in [4.69, 9.17) is 9.84 Å². The lowest BCUT2D eigenvalue weighted by Gasteiger charge is -2.28. The standard InChI is InChI=1S/C28H35F3N4O3Si/c1-39(2,3)15-14-38-18-35-27(28(29,30)31)33-26(34-35)23-12-13-24(32-17-23)22-10-8-21(9-11-22)20-6-4-19(5-7-20)16-25(36)37/h8-13,17,19-20H,4-7,14-16,18H2,1-3H3,(H,36,37). The summed E-state index contributed by atoms with van der Waals surface area (Å²) in [4.78, 5) is 19.2. The summed E-state index contributed by atoms with van der Waals surface area (Å²) in [6, 6.07) is 12.4. The van der Waals surface area contributed by atoms with E-state index in [1.807, 2.05) is 12.1 Å². The Labute approximate surface area is 227 Å². The van der Waals surface area contributed by atoms with Gasteiger partial charge in [-0.15, -0.1) is 5.10 Å². The van der Waals surface area contributed by atoms with E-state index >= 15 is 0 Å². The van der Waals surface area contributed by atoms with Gasteiger partial charge in [-0.25, -0.2) is 9.67 Å². The molecule has 2 aromatic heterocycles. The number of halogens is 3. The van der Waals surface area contributed by atoms with Gasteiger partial charge in [-0.2, -0.15) is 13.2 Å². The average Bonchev–Trinajstić information content (AvgIpc) is 3.32. The lowest BCUT2D eigenvalue weighted by molar-refractivity contribution is -0.150. The average molecular weight is 561 g/mol. The molecule has 0 atom stereocenters. The molecule has 0 amide bonds. The zero-order valence-corrected chi connectivity index (χ0v) is 23.5. The van der Waals surface area contributed by atoms with Crippen LogP contribution in [0.15, 0.2) is 42.6 Å². The molecule has 1 N–H and O–H groups in total. The van der Waals surface area contributed by atoms with Crippen LogP contribution in [-0.4, -0.2) is 45.5 Å². The van der Waals surface area contributed by atoms with Gasteiger partial charge in [0.15, 0.2) is 5.82 Å². The third-order valence-electron chi connectivity index (χ3n) is 7.14. The van der Waals surface area contributed by atoms with E-state index in [-0.39, 0.29) is 24.9 Å². The number of aromatic nitrogens is 4. The number of hydrogen-bond donors (Lipinski definition) is 1. The summed E-state index contributed by atoms with van der Waals surface area (Å²) in [5, 5.41) is 13.1. The summed E-state index contributed by atoms with van der Waals surface area (Å²) < 4.78 is 47.0. The second-order valence-electron chi connectivity index (χ2n) is 11.5. The van der Waals surface area contributed by atoms with Gasteiger partial charge in [0.2, 0.25) is 5.82 Å². The maximum atomic E-state index is 13.6. The zero-order chi connectivity index (χ0) is 28.2. The Morgan fingerprint density at radius 2 is 1.72 bits per heavy atom. The van der Waals surface area contributed by atoms with Crippen molar-refractivity contribution in [2.75, 3.05) is 6.61 Å². The number of nitrogens with zero attached hydrogens (tertiary/aromatic N) is 4. The van der Waals surface area contributed by atoms with Crippen molar-refractivity contribution in [3.05, 3.63) is 54.0 Å². The normalized spacial score (nSPS) is 18.3. The van der Waals surface area contributed by atoms with E-state index in [0.29, 0.717) is 23.8 Å². The zero-order valence-electron chi connectivity index (χ0n) is 22.5. The van der Waals surface area contributed by atoms with Crippen molar-refractivity contribution in [1.29, 1.82) is 0 Å². The number of carboxylic acids is 1. The van der Waals surface area contributed by atoms with Crippen LogP contribution in [0.2, 0.25) is 25.7 Å². The van der Waals surface area contributed by atoms with Crippen LogP contribution in [0.25, 0.3) is 22.6 Å². The molecule has 1 saturated carbocycles. The fourth-order valence-corrected chi connectivity index (χ4v) is 5.62. The van der Waals surface area contributed by atoms with Crippen LogP contribution in [0.3, 0.4) is 0 Å². The molecule has 0 spiro atoms. The lowest BCUT2D eigenvalue weighted by atomic mass is 9.77. The minimum absolute atomic E-state index is 0.0518. The fraction of sp³-hybridized carbons (Fsp3) is 0.500. The number of ether oxygens (including phenoxy) is 1. The smallest absolute Gasteiger partial charge is 0.451 e. The summed E-state index contributed by atoms with van der Waals surface area (Å²) >= 11 is 0. The Hall–Kier alpha value is -3.05. The lowest BCUT2D eigenvalue weighted by Crippen LogP contribution is -2.23. The summed E-state index contributed by atoms with van der Waals surface area (Å²) in [5.74, 6) is -1.20. The molecule has 0 radical (unpaired) electrons. The molecule has 210 valence electrons. The SMILES string of the molecule is C[Si](C)(C)CCOCn1nc(-c2ccc(-c3ccc(C4CCC(CC(=O)O)CC4)cc3)nc2)nc1C(F)(F)F. The molecule has 7 nitrogen and oxygen atoms in total. The third kappa shape index (κ3) is 7.98. The van der Waals surface area contributed by atoms with Crippen LogP contribution >= 0.6 is 0 Å². The minimum atomic E-state index is -4.65. The Balaban J connectivity index is 1.42. The molecule has 11 heteroatoms. The van der Waals surface area contributed by atoms with Gasteiger partial charge < -0.3 is 9.84 Å². The molecule has 0 aliphatic heterocycles. The predicted molar refractivity (Wildman–Crippen MR) is 145 cm³/mol. The van der Waals surface area contributed by atoms with Gasteiger partial charge >= 0.3 is 12.1 Å². The van der Waals surface area contributed by atoms with Crippen LogP contribution in [0, 0.1) is 5.92 Å². The van der Waals surface area contributed by atoms with E-state index in [2.05, 4.69) is 46.8 Å². The Morgan fingerprint density at radius 1 is 1.05 bits per heavy atom. The quantitative estimate of drug-likeness (QED) is 0.210. The van der Waals surface area contributed by atoms with E-state index in [1.165, 1.54) is 11.8 Å². The van der Waals surface area contributed by atoms with Crippen molar-refractivity contribution in [3.63, 3.8) is 0 Å². The van der Waals surface area contributed by atoms with Gasteiger partial charge in [-0.05, 0) is 61.3 Å². The van der Waals surface area contributed by atoms with Gasteiger partial charge in [0.25, 0.3) is 0 Å². The molecular weight excluding hydrogens is 525 g/mol. The molecule has 2 heterocycles. The van der Waals surface area contributed by atoms with Gasteiger partial charge in [0.05, 0.1) is 5.69 Å². The Bertz CT molecular complexity index is 1250. The molecule has 4 rings (SSSR count). The van der Waals surface area contributed by atoms with E-state index in [9.17, 15) is 18.0 Å². The predicted octanol–water partition coefficient (Wildman–Crippen LogP) is 7.09. The van der Waals surface area contributed by atoms with E-state index in [1.54, 1.807) is 12.1 Å². The minimum Gasteiger partial charge on any atom is -0.481 e. The molecule has 1 aromatic carbocycles. The molecular formula is C28H35F3N4O3Si. The number of rotatable bonds is 10. The summed E-state index contributed by atoms with van der Waals surface area (Å²) in [6.45, 7) is 6.59. The maximum absolute atomic E-state index is 13.6. The second kappa shape index (κ2) is 12.0. The number of aliphatic carboxylic acids is 1. The maximum Gasteiger partial charge on any atom is 0.451 e. The van der Waals surface area contributed by atoms with Gasteiger partial charge in [-0.3, -0.25) is 9.78 Å². The Kier molecular flexibility index (Phi) is 8.90. The second-order valence-corrected chi connectivity index (χ2v) is 17.1. The van der Waals surface area contributed by atoms with Gasteiger partial charge in [-0.1, -0.05) is 43.9 Å². The van der Waals surface area contributed by atoms with Crippen molar-refractivity contribution in [2.24, 2.45) is 5.92 Å². The fourth-order valence-electron chi connectivity index (χ4n) is 4.86. The van der Waals surface area contributed by atoms with Crippen molar-refractivity contribution in [3.8, 4) is 22.6 Å². The highest BCUT2D eigenvalue weighted by Crippen LogP contribution is 2.37. The highest BCUT2D eigenvalue weighted by molar-refractivity contribution is 6.76. The molecule has 1 aliphatic rings. The third-order valence-corrected chi connectivity index (χ3v) is 8.85. The van der Waals surface area contributed by atoms with Crippen LogP contribution < -0.4 is 0 Å². The van der Waals surface area contributed by atoms with Crippen LogP contribution in [-0.2, 0) is 22.4 Å². The van der Waals surface area contributed by atoms with Crippen LogP contribution in [0.1, 0.15) is 49.4 Å². The number of pyridine rings is 1. The molecule has 0 bridgehead atoms. The van der Waals surface area contributed by atoms with E-state index < -0.39 is 26.0 Å². The van der Waals surface area contributed by atoms with Crippen molar-refractivity contribution in [2.45, 2.75) is 76.6 Å². The number of alkyl halides is 3. The number of carboxylic acid groups (broad SMARTS) is 1. The number of hydrogen-bond acceptors (Lipinski definition) is 5. The topological polar surface area (TPSA) is 90.1 Å². The van der Waals surface area contributed by atoms with Gasteiger partial charge in [0.1, 0.15) is 6.73 Å². The number of carbonyl (C=O) groups is 1. The van der Waals surface area contributed by atoms with Crippen LogP contribution in [0.4, 0.5) is 13.2 Å². The highest BCUT2D eigenvalue weighted by atomic mass is 28.3. The largest absolute Gasteiger partial charge is 0.481 e. The monoisotopic (exact) mass is 560 g/mol. The molecule has 1 fully saturated rings. The summed E-state index contributed by atoms with van der Waals surface area (Å²) in [5.41, 5.74) is 3.21. The van der Waals surface area contributed by atoms with Crippen LogP contribution in [0.5, 0.6) is 0 Å². The van der Waals surface area contributed by atoms with Crippen molar-refractivity contribution in [1.82, 2.24) is 19.7 Å². The highest BCUT2D eigenvalue weighted by Gasteiger charge is 2.38. The molecule has 39 heavy (non-hydrogen) atoms. The summed E-state index contributed by atoms with van der Waals surface area (Å²) in [6.07, 6.45) is 0.878. The number of benzene rings is 1. The first kappa shape index (κ1) is 28.9. The molecule has 1 aliphatic carbocycles.